The average Bonchev–Trinajstić information content (AvgIpc) is 3.31. The van der Waals surface area contributed by atoms with Gasteiger partial charge < -0.3 is 10.6 Å². The van der Waals surface area contributed by atoms with E-state index in [2.05, 4.69) is 20.7 Å². The number of nitrogens with one attached hydrogen (secondary N) is 2. The van der Waals surface area contributed by atoms with Crippen LogP contribution in [0, 0.1) is 0 Å². The van der Waals surface area contributed by atoms with E-state index in [-0.39, 0.29) is 23.0 Å². The van der Waals surface area contributed by atoms with Gasteiger partial charge in [0.25, 0.3) is 5.91 Å². The van der Waals surface area contributed by atoms with Crippen molar-refractivity contribution in [2.24, 2.45) is 0 Å². The van der Waals surface area contributed by atoms with Crippen molar-refractivity contribution in [1.82, 2.24) is 19.9 Å². The van der Waals surface area contributed by atoms with Crippen LogP contribution in [0.2, 0.25) is 0 Å². The Morgan fingerprint density at radius 1 is 1.22 bits per heavy atom. The Hall–Kier alpha value is -3.01. The number of fused-ring (bicyclic) bond motifs is 1. The number of thioether (sulfide) groups is 1. The van der Waals surface area contributed by atoms with Gasteiger partial charge in [-0.25, -0.2) is 4.98 Å². The lowest BCUT2D eigenvalue weighted by Crippen LogP contribution is -2.23. The van der Waals surface area contributed by atoms with Crippen molar-refractivity contribution in [3.05, 3.63) is 59.3 Å². The topological polar surface area (TPSA) is 71.3 Å². The first-order valence-corrected chi connectivity index (χ1v) is 8.87. The van der Waals surface area contributed by atoms with Gasteiger partial charge >= 0.3 is 6.18 Å². The number of rotatable bonds is 3. The van der Waals surface area contributed by atoms with Gasteiger partial charge in [0, 0.05) is 11.0 Å². The van der Waals surface area contributed by atoms with Crippen LogP contribution in [0.4, 0.5) is 19.0 Å². The molecule has 0 bridgehead atoms. The van der Waals surface area contributed by atoms with Crippen LogP contribution in [0.5, 0.6) is 0 Å². The molecule has 1 amide bonds. The van der Waals surface area contributed by atoms with Gasteiger partial charge in [0.15, 0.2) is 11.5 Å². The number of carbonyl (C=O) groups is 1. The first-order valence-electron chi connectivity index (χ1n) is 7.82. The summed E-state index contributed by atoms with van der Waals surface area (Å²) in [4.78, 5) is 16.3. The van der Waals surface area contributed by atoms with E-state index in [0.717, 1.165) is 6.07 Å². The van der Waals surface area contributed by atoms with Crippen molar-refractivity contribution >= 4 is 29.1 Å². The van der Waals surface area contributed by atoms with Gasteiger partial charge in [-0.2, -0.15) is 22.8 Å². The lowest BCUT2D eigenvalue weighted by Gasteiger charge is -2.12. The Labute approximate surface area is 155 Å². The molecule has 0 spiro atoms. The minimum Gasteiger partial charge on any atom is -0.371 e. The molecule has 3 heterocycles. The fraction of sp³-hybridized carbons (Fsp3) is 0.118. The maximum absolute atomic E-state index is 13.3. The molecule has 1 aromatic carbocycles. The molecular formula is C17H12F3N5OS. The number of amides is 1. The van der Waals surface area contributed by atoms with E-state index in [1.807, 2.05) is 0 Å². The number of hydrogen-bond donors (Lipinski definition) is 2. The monoisotopic (exact) mass is 391 g/mol. The van der Waals surface area contributed by atoms with E-state index in [9.17, 15) is 18.0 Å². The number of alkyl halides is 3. The van der Waals surface area contributed by atoms with Gasteiger partial charge in [0.1, 0.15) is 5.70 Å². The van der Waals surface area contributed by atoms with E-state index >= 15 is 0 Å². The van der Waals surface area contributed by atoms with Crippen LogP contribution in [-0.2, 0) is 11.0 Å². The summed E-state index contributed by atoms with van der Waals surface area (Å²) in [5, 5.41) is 11.5. The summed E-state index contributed by atoms with van der Waals surface area (Å²) in [6.45, 7) is 0. The first kappa shape index (κ1) is 17.4. The normalized spacial score (nSPS) is 14.1. The van der Waals surface area contributed by atoms with Gasteiger partial charge in [-0.1, -0.05) is 18.2 Å². The Morgan fingerprint density at radius 3 is 2.78 bits per heavy atom. The molecule has 0 saturated heterocycles. The first-order chi connectivity index (χ1) is 12.9. The Bertz CT molecular complexity index is 1060. The number of carbonyl (C=O) groups excluding carboxylic acids is 1. The molecule has 0 fully saturated rings. The third-order valence-corrected chi connectivity index (χ3v) is 4.62. The zero-order valence-electron chi connectivity index (χ0n) is 13.6. The van der Waals surface area contributed by atoms with Crippen LogP contribution < -0.4 is 10.6 Å². The largest absolute Gasteiger partial charge is 0.417 e. The van der Waals surface area contributed by atoms with Gasteiger partial charge in [0.05, 0.1) is 23.3 Å². The Kier molecular flexibility index (Phi) is 4.27. The van der Waals surface area contributed by atoms with Crippen LogP contribution >= 0.6 is 11.8 Å². The van der Waals surface area contributed by atoms with Gasteiger partial charge in [-0.15, -0.1) is 11.8 Å². The lowest BCUT2D eigenvalue weighted by atomic mass is 10.0. The standard InChI is InChI=1S/C17H12F3N5OS/c18-17(19,20)11-4-2-1-3-10(11)12-5-6-14-21-7-15(25(14)24-12)23-16(26)13-8-27-9-22-13/h1-8,22H,9H2,(H,23,26). The molecule has 27 heavy (non-hydrogen) atoms. The van der Waals surface area contributed by atoms with Crippen molar-refractivity contribution in [3.63, 3.8) is 0 Å². The summed E-state index contributed by atoms with van der Waals surface area (Å²) in [5.41, 5.74) is 0.113. The molecule has 0 aliphatic carbocycles. The van der Waals surface area contributed by atoms with Crippen LogP contribution in [0.3, 0.4) is 0 Å². The maximum atomic E-state index is 13.3. The SMILES string of the molecule is O=C(Nc1cnc2ccc(-c3ccccc3C(F)(F)F)nn12)C1=CSCN1. The number of aromatic nitrogens is 3. The molecule has 3 aromatic rings. The van der Waals surface area contributed by atoms with E-state index in [1.165, 1.54) is 46.7 Å². The molecule has 0 atom stereocenters. The van der Waals surface area contributed by atoms with E-state index in [1.54, 1.807) is 11.5 Å². The Balaban J connectivity index is 1.74. The quantitative estimate of drug-likeness (QED) is 0.715. The zero-order valence-corrected chi connectivity index (χ0v) is 14.4. The third kappa shape index (κ3) is 3.35. The fourth-order valence-electron chi connectivity index (χ4n) is 2.66. The lowest BCUT2D eigenvalue weighted by molar-refractivity contribution is -0.137. The maximum Gasteiger partial charge on any atom is 0.417 e. The summed E-state index contributed by atoms with van der Waals surface area (Å²) in [5.74, 6) is 0.498. The smallest absolute Gasteiger partial charge is 0.371 e. The van der Waals surface area contributed by atoms with Crippen LogP contribution in [0.15, 0.2) is 53.7 Å². The summed E-state index contributed by atoms with van der Waals surface area (Å²) in [7, 11) is 0. The van der Waals surface area contributed by atoms with Gasteiger partial charge in [-0.05, 0) is 18.2 Å². The van der Waals surface area contributed by atoms with Crippen molar-refractivity contribution in [2.45, 2.75) is 6.18 Å². The average molecular weight is 391 g/mol. The fourth-order valence-corrected chi connectivity index (χ4v) is 3.34. The summed E-state index contributed by atoms with van der Waals surface area (Å²) in [6.07, 6.45) is -3.10. The highest BCUT2D eigenvalue weighted by molar-refractivity contribution is 8.02. The highest BCUT2D eigenvalue weighted by atomic mass is 32.2. The van der Waals surface area contributed by atoms with Crippen LogP contribution in [-0.4, -0.2) is 26.4 Å². The molecule has 0 saturated carbocycles. The summed E-state index contributed by atoms with van der Waals surface area (Å²) in [6, 6.07) is 8.23. The molecule has 2 N–H and O–H groups in total. The number of imidazole rings is 1. The van der Waals surface area contributed by atoms with E-state index in [0.29, 0.717) is 17.2 Å². The molecule has 4 rings (SSSR count). The van der Waals surface area contributed by atoms with E-state index < -0.39 is 11.7 Å². The minimum absolute atomic E-state index is 0.0468. The van der Waals surface area contributed by atoms with Crippen molar-refractivity contribution < 1.29 is 18.0 Å². The molecule has 138 valence electrons. The minimum atomic E-state index is -4.50. The molecule has 10 heteroatoms. The second-order valence-corrected chi connectivity index (χ2v) is 6.51. The van der Waals surface area contributed by atoms with E-state index in [4.69, 9.17) is 0 Å². The molecule has 6 nitrogen and oxygen atoms in total. The van der Waals surface area contributed by atoms with Crippen LogP contribution in [0.1, 0.15) is 5.56 Å². The molecule has 1 aliphatic rings. The van der Waals surface area contributed by atoms with Crippen molar-refractivity contribution in [3.8, 4) is 11.3 Å². The second-order valence-electron chi connectivity index (χ2n) is 5.65. The molecule has 2 aromatic heterocycles. The zero-order chi connectivity index (χ0) is 19.0. The molecule has 0 radical (unpaired) electrons. The molecular weight excluding hydrogens is 379 g/mol. The highest BCUT2D eigenvalue weighted by Crippen LogP contribution is 2.36. The second kappa shape index (κ2) is 6.62. The predicted molar refractivity (Wildman–Crippen MR) is 95.7 cm³/mol. The molecule has 0 unspecified atom stereocenters. The Morgan fingerprint density at radius 2 is 2.04 bits per heavy atom. The molecule has 1 aliphatic heterocycles. The summed E-state index contributed by atoms with van der Waals surface area (Å²) >= 11 is 1.45. The number of benzene rings is 1. The van der Waals surface area contributed by atoms with Crippen molar-refractivity contribution in [2.75, 3.05) is 11.2 Å². The number of nitrogens with zero attached hydrogens (tertiary/aromatic N) is 3. The summed E-state index contributed by atoms with van der Waals surface area (Å²) < 4.78 is 41.2. The van der Waals surface area contributed by atoms with Gasteiger partial charge in [-0.3, -0.25) is 4.79 Å². The number of anilines is 1. The van der Waals surface area contributed by atoms with Crippen LogP contribution in [0.25, 0.3) is 16.9 Å². The highest BCUT2D eigenvalue weighted by Gasteiger charge is 2.33. The number of halogens is 3. The van der Waals surface area contributed by atoms with Crippen molar-refractivity contribution in [1.29, 1.82) is 0 Å². The predicted octanol–water partition coefficient (Wildman–Crippen LogP) is 3.49. The third-order valence-electron chi connectivity index (χ3n) is 3.90. The number of hydrogen-bond acceptors (Lipinski definition) is 5. The van der Waals surface area contributed by atoms with Gasteiger partial charge in [0.2, 0.25) is 0 Å².